The number of esters is 1. The third-order valence-electron chi connectivity index (χ3n) is 7.43. The molecule has 1 heterocycles. The quantitative estimate of drug-likeness (QED) is 0.727. The average Bonchev–Trinajstić information content (AvgIpc) is 3.07. The highest BCUT2D eigenvalue weighted by molar-refractivity contribution is 5.94. The molecule has 0 saturated heterocycles. The summed E-state index contributed by atoms with van der Waals surface area (Å²) in [6.45, 7) is 0. The van der Waals surface area contributed by atoms with Crippen LogP contribution in [0.25, 0.3) is 0 Å². The first kappa shape index (κ1) is 19.3. The van der Waals surface area contributed by atoms with Gasteiger partial charge in [0.1, 0.15) is 5.60 Å². The molecule has 4 nitrogen and oxygen atoms in total. The predicted octanol–water partition coefficient (Wildman–Crippen LogP) is 5.09. The first-order chi connectivity index (χ1) is 14.6. The molecular weight excluding hydrogens is 374 g/mol. The number of rotatable bonds is 3. The van der Waals surface area contributed by atoms with Crippen LogP contribution >= 0.6 is 0 Å². The van der Waals surface area contributed by atoms with E-state index >= 15 is 0 Å². The summed E-state index contributed by atoms with van der Waals surface area (Å²) in [6.07, 6.45) is 7.37. The van der Waals surface area contributed by atoms with Gasteiger partial charge in [-0.2, -0.15) is 0 Å². The first-order valence-corrected chi connectivity index (χ1v) is 11.3. The minimum Gasteiger partial charge on any atom is -0.451 e. The van der Waals surface area contributed by atoms with E-state index in [1.165, 1.54) is 5.56 Å². The van der Waals surface area contributed by atoms with E-state index in [0.717, 1.165) is 56.9 Å². The number of hydrogen-bond donors (Lipinski definition) is 1. The number of nitrogens with one attached hydrogen (secondary N) is 1. The van der Waals surface area contributed by atoms with Crippen LogP contribution in [0.4, 0.5) is 0 Å². The van der Waals surface area contributed by atoms with Crippen molar-refractivity contribution >= 4 is 11.9 Å². The summed E-state index contributed by atoms with van der Waals surface area (Å²) in [5, 5.41) is 3.32. The van der Waals surface area contributed by atoms with Crippen LogP contribution in [0, 0.1) is 5.92 Å². The zero-order valence-corrected chi connectivity index (χ0v) is 17.3. The summed E-state index contributed by atoms with van der Waals surface area (Å²) in [4.78, 5) is 25.2. The molecule has 5 rings (SSSR count). The largest absolute Gasteiger partial charge is 0.451 e. The number of carbonyl (C=O) groups excluding carboxylic acids is 2. The minimum atomic E-state index is -0.516. The van der Waals surface area contributed by atoms with Crippen molar-refractivity contribution in [2.75, 3.05) is 0 Å². The Labute approximate surface area is 178 Å². The van der Waals surface area contributed by atoms with Crippen LogP contribution in [0.1, 0.15) is 78.8 Å². The van der Waals surface area contributed by atoms with Gasteiger partial charge in [0.25, 0.3) is 0 Å². The molecule has 156 valence electrons. The van der Waals surface area contributed by atoms with E-state index in [1.54, 1.807) is 0 Å². The molecule has 2 aliphatic carbocycles. The zero-order chi connectivity index (χ0) is 20.6. The Hall–Kier alpha value is -2.62. The molecule has 2 saturated carbocycles. The maximum atomic E-state index is 12.9. The van der Waals surface area contributed by atoms with E-state index in [1.807, 2.05) is 24.3 Å². The van der Waals surface area contributed by atoms with Crippen molar-refractivity contribution in [2.24, 2.45) is 5.92 Å². The summed E-state index contributed by atoms with van der Waals surface area (Å²) < 4.78 is 5.82. The number of fused-ring (bicyclic) bond motifs is 2. The van der Waals surface area contributed by atoms with Crippen molar-refractivity contribution in [2.45, 2.75) is 68.9 Å². The highest BCUT2D eigenvalue weighted by atomic mass is 16.6. The summed E-state index contributed by atoms with van der Waals surface area (Å²) >= 11 is 0. The van der Waals surface area contributed by atoms with Crippen molar-refractivity contribution in [3.05, 3.63) is 71.3 Å². The molecule has 1 amide bonds. The van der Waals surface area contributed by atoms with Gasteiger partial charge in [-0.25, -0.2) is 4.79 Å². The topological polar surface area (TPSA) is 55.4 Å². The minimum absolute atomic E-state index is 0.0222. The first-order valence-electron chi connectivity index (χ1n) is 11.3. The SMILES string of the molecule is O=C1O[C@]2(CC[C@H](C(=O)N[C@H]3CC[C@H](c4ccccc4)CC3)CC2)c2ccccc21. The zero-order valence-electron chi connectivity index (χ0n) is 17.3. The van der Waals surface area contributed by atoms with Crippen molar-refractivity contribution in [3.63, 3.8) is 0 Å². The fourth-order valence-electron chi connectivity index (χ4n) is 5.68. The van der Waals surface area contributed by atoms with Gasteiger partial charge in [-0.3, -0.25) is 4.79 Å². The van der Waals surface area contributed by atoms with Gasteiger partial charge in [0.05, 0.1) is 5.56 Å². The lowest BCUT2D eigenvalue weighted by atomic mass is 9.74. The second-order valence-corrected chi connectivity index (χ2v) is 9.17. The Morgan fingerprint density at radius 2 is 1.53 bits per heavy atom. The van der Waals surface area contributed by atoms with Crippen LogP contribution in [0.2, 0.25) is 0 Å². The maximum Gasteiger partial charge on any atom is 0.339 e. The standard InChI is InChI=1S/C26H29NO3/c28-24(27-21-12-10-19(11-13-21)18-6-2-1-3-7-18)20-14-16-26(17-15-20)23-9-5-4-8-22(23)25(29)30-26/h1-9,19-21H,10-17H2,(H,27,28)/t19-,20-,21-,26-. The lowest BCUT2D eigenvalue weighted by Crippen LogP contribution is -2.43. The molecular formula is C26H29NO3. The Morgan fingerprint density at radius 3 is 2.27 bits per heavy atom. The second-order valence-electron chi connectivity index (χ2n) is 9.17. The fraction of sp³-hybridized carbons (Fsp3) is 0.462. The average molecular weight is 404 g/mol. The number of hydrogen-bond acceptors (Lipinski definition) is 3. The number of carbonyl (C=O) groups is 2. The van der Waals surface area contributed by atoms with Crippen LogP contribution in [0.5, 0.6) is 0 Å². The molecule has 1 aliphatic heterocycles. The molecule has 0 atom stereocenters. The van der Waals surface area contributed by atoms with E-state index < -0.39 is 5.60 Å². The van der Waals surface area contributed by atoms with E-state index in [-0.39, 0.29) is 17.8 Å². The van der Waals surface area contributed by atoms with Gasteiger partial charge in [0.2, 0.25) is 5.91 Å². The third-order valence-corrected chi connectivity index (χ3v) is 7.43. The van der Waals surface area contributed by atoms with E-state index in [2.05, 4.69) is 35.6 Å². The summed E-state index contributed by atoms with van der Waals surface area (Å²) in [6, 6.07) is 18.7. The van der Waals surface area contributed by atoms with Gasteiger partial charge in [0, 0.05) is 17.5 Å². The normalized spacial score (nSPS) is 30.5. The molecule has 0 unspecified atom stereocenters. The van der Waals surface area contributed by atoms with Crippen LogP contribution < -0.4 is 5.32 Å². The maximum absolute atomic E-state index is 12.9. The van der Waals surface area contributed by atoms with E-state index in [4.69, 9.17) is 4.74 Å². The summed E-state index contributed by atoms with van der Waals surface area (Å²) in [7, 11) is 0. The molecule has 0 bridgehead atoms. The van der Waals surface area contributed by atoms with Gasteiger partial charge < -0.3 is 10.1 Å². The van der Waals surface area contributed by atoms with Crippen molar-refractivity contribution in [3.8, 4) is 0 Å². The summed E-state index contributed by atoms with van der Waals surface area (Å²) in [5.41, 5.74) is 2.60. The van der Waals surface area contributed by atoms with E-state index in [9.17, 15) is 9.59 Å². The van der Waals surface area contributed by atoms with Gasteiger partial charge in [-0.15, -0.1) is 0 Å². The Balaban J connectivity index is 1.15. The lowest BCUT2D eigenvalue weighted by Gasteiger charge is -2.37. The van der Waals surface area contributed by atoms with Gasteiger partial charge in [-0.05, 0) is 68.9 Å². The molecule has 1 spiro atoms. The lowest BCUT2D eigenvalue weighted by molar-refractivity contribution is -0.129. The molecule has 0 radical (unpaired) electrons. The van der Waals surface area contributed by atoms with Crippen molar-refractivity contribution < 1.29 is 14.3 Å². The van der Waals surface area contributed by atoms with Crippen LogP contribution in [0.15, 0.2) is 54.6 Å². The van der Waals surface area contributed by atoms with E-state index in [0.29, 0.717) is 17.5 Å². The molecule has 30 heavy (non-hydrogen) atoms. The van der Waals surface area contributed by atoms with Crippen molar-refractivity contribution in [1.29, 1.82) is 0 Å². The van der Waals surface area contributed by atoms with Crippen LogP contribution in [-0.2, 0) is 15.1 Å². The van der Waals surface area contributed by atoms with Gasteiger partial charge >= 0.3 is 5.97 Å². The predicted molar refractivity (Wildman–Crippen MR) is 115 cm³/mol. The third kappa shape index (κ3) is 3.53. The van der Waals surface area contributed by atoms with Gasteiger partial charge in [0.15, 0.2) is 0 Å². The molecule has 2 aromatic rings. The highest BCUT2D eigenvalue weighted by Gasteiger charge is 2.48. The molecule has 0 aromatic heterocycles. The highest BCUT2D eigenvalue weighted by Crippen LogP contribution is 2.48. The summed E-state index contributed by atoms with van der Waals surface area (Å²) in [5.74, 6) is 0.606. The monoisotopic (exact) mass is 403 g/mol. The Kier molecular flexibility index (Phi) is 5.10. The molecule has 2 fully saturated rings. The number of amides is 1. The van der Waals surface area contributed by atoms with Gasteiger partial charge in [-0.1, -0.05) is 48.5 Å². The smallest absolute Gasteiger partial charge is 0.339 e. The molecule has 1 N–H and O–H groups in total. The Morgan fingerprint density at radius 1 is 0.867 bits per heavy atom. The van der Waals surface area contributed by atoms with Crippen molar-refractivity contribution in [1.82, 2.24) is 5.32 Å². The van der Waals surface area contributed by atoms with Crippen LogP contribution in [0.3, 0.4) is 0 Å². The number of benzene rings is 2. The molecule has 3 aliphatic rings. The fourth-order valence-corrected chi connectivity index (χ4v) is 5.68. The molecule has 2 aromatic carbocycles. The van der Waals surface area contributed by atoms with Crippen LogP contribution in [-0.4, -0.2) is 17.9 Å². The number of ether oxygens (including phenoxy) is 1. The second kappa shape index (κ2) is 7.90. The molecule has 4 heteroatoms. The Bertz CT molecular complexity index is 922.